The molecule has 1 aliphatic rings. The number of benzene rings is 4. The molecule has 0 amide bonds. The standard InChI is InChI=1S/C30H25FO11S2/c1-39-44(37,38)28-17-20(2-12-26(28)31)29(33)19-3-13-27(21(16-19)18-43(34,35)36)42-25-10-6-23(7-11-25)30(40-14-15-41-30)22-4-8-24(32)9-5-22/h2-13,16-17,32H,14-15,18H2,1H3,(H,34,35,36). The Hall–Kier alpha value is -4.18. The molecule has 1 heterocycles. The summed E-state index contributed by atoms with van der Waals surface area (Å²) in [5.74, 6) is -3.62. The van der Waals surface area contributed by atoms with Gasteiger partial charge in [0.05, 0.1) is 20.3 Å². The molecular formula is C30H25FO11S2. The lowest BCUT2D eigenvalue weighted by atomic mass is 9.97. The van der Waals surface area contributed by atoms with Gasteiger partial charge in [-0.2, -0.15) is 16.8 Å². The van der Waals surface area contributed by atoms with E-state index < -0.39 is 48.3 Å². The van der Waals surface area contributed by atoms with Crippen LogP contribution < -0.4 is 4.74 Å². The number of aromatic hydroxyl groups is 1. The summed E-state index contributed by atoms with van der Waals surface area (Å²) in [6, 6.07) is 19.4. The van der Waals surface area contributed by atoms with Crippen LogP contribution in [0.3, 0.4) is 0 Å². The van der Waals surface area contributed by atoms with Crippen molar-refractivity contribution < 1.29 is 54.1 Å². The molecule has 2 N–H and O–H groups in total. The predicted octanol–water partition coefficient (Wildman–Crippen LogP) is 4.53. The first kappa shape index (κ1) is 31.3. The van der Waals surface area contributed by atoms with Gasteiger partial charge in [0.25, 0.3) is 20.2 Å². The van der Waals surface area contributed by atoms with Gasteiger partial charge in [0.1, 0.15) is 33.7 Å². The minimum Gasteiger partial charge on any atom is -0.508 e. The summed E-state index contributed by atoms with van der Waals surface area (Å²) in [6.07, 6.45) is 0. The van der Waals surface area contributed by atoms with E-state index in [2.05, 4.69) is 4.18 Å². The maximum Gasteiger partial charge on any atom is 0.299 e. The van der Waals surface area contributed by atoms with E-state index in [0.29, 0.717) is 24.3 Å². The largest absolute Gasteiger partial charge is 0.508 e. The minimum absolute atomic E-state index is 0.00953. The molecule has 1 aliphatic heterocycles. The topological polar surface area (TPSA) is 163 Å². The second-order valence-corrected chi connectivity index (χ2v) is 12.8. The minimum atomic E-state index is -4.58. The van der Waals surface area contributed by atoms with E-state index in [4.69, 9.17) is 14.2 Å². The van der Waals surface area contributed by atoms with E-state index in [9.17, 15) is 35.7 Å². The van der Waals surface area contributed by atoms with Gasteiger partial charge in [0.15, 0.2) is 5.78 Å². The number of phenols is 1. The molecule has 4 aromatic carbocycles. The Labute approximate surface area is 252 Å². The zero-order valence-corrected chi connectivity index (χ0v) is 24.6. The third-order valence-corrected chi connectivity index (χ3v) is 8.71. The van der Waals surface area contributed by atoms with Crippen LogP contribution >= 0.6 is 0 Å². The Morgan fingerprint density at radius 1 is 0.864 bits per heavy atom. The number of rotatable bonds is 10. The summed E-state index contributed by atoms with van der Waals surface area (Å²) >= 11 is 0. The van der Waals surface area contributed by atoms with Crippen LogP contribution in [0, 0.1) is 5.82 Å². The van der Waals surface area contributed by atoms with Gasteiger partial charge >= 0.3 is 0 Å². The highest BCUT2D eigenvalue weighted by atomic mass is 32.2. The zero-order chi connectivity index (χ0) is 31.7. The fourth-order valence-corrected chi connectivity index (χ4v) is 6.06. The van der Waals surface area contributed by atoms with E-state index in [1.54, 1.807) is 36.4 Å². The van der Waals surface area contributed by atoms with E-state index in [1.807, 2.05) is 0 Å². The normalized spacial score (nSPS) is 14.8. The first-order chi connectivity index (χ1) is 20.8. The number of hydrogen-bond donors (Lipinski definition) is 2. The molecule has 0 aromatic heterocycles. The number of ketones is 1. The summed E-state index contributed by atoms with van der Waals surface area (Å²) in [7, 11) is -8.19. The second-order valence-electron chi connectivity index (χ2n) is 9.63. The van der Waals surface area contributed by atoms with Crippen LogP contribution in [0.5, 0.6) is 17.2 Å². The molecule has 0 bridgehead atoms. The van der Waals surface area contributed by atoms with Gasteiger partial charge in [0.2, 0.25) is 5.79 Å². The van der Waals surface area contributed by atoms with Crippen molar-refractivity contribution in [2.24, 2.45) is 0 Å². The van der Waals surface area contributed by atoms with E-state index in [0.717, 1.165) is 25.3 Å². The van der Waals surface area contributed by atoms with Crippen LogP contribution in [-0.4, -0.2) is 52.6 Å². The zero-order valence-electron chi connectivity index (χ0n) is 23.0. The summed E-state index contributed by atoms with van der Waals surface area (Å²) in [5.41, 5.74) is 0.928. The smallest absolute Gasteiger partial charge is 0.299 e. The highest BCUT2D eigenvalue weighted by molar-refractivity contribution is 7.86. The highest BCUT2D eigenvalue weighted by Crippen LogP contribution is 2.40. The van der Waals surface area contributed by atoms with Gasteiger partial charge in [-0.1, -0.05) is 0 Å². The summed E-state index contributed by atoms with van der Waals surface area (Å²) in [5, 5.41) is 9.68. The lowest BCUT2D eigenvalue weighted by Crippen LogP contribution is -2.28. The van der Waals surface area contributed by atoms with Crippen LogP contribution in [0.4, 0.5) is 4.39 Å². The van der Waals surface area contributed by atoms with Crippen molar-refractivity contribution in [1.29, 1.82) is 0 Å². The molecule has 0 saturated carbocycles. The van der Waals surface area contributed by atoms with Crippen LogP contribution in [-0.2, 0) is 45.4 Å². The Balaban J connectivity index is 1.45. The van der Waals surface area contributed by atoms with Crippen molar-refractivity contribution in [3.05, 3.63) is 119 Å². The number of hydrogen-bond acceptors (Lipinski definition) is 10. The van der Waals surface area contributed by atoms with Gasteiger partial charge in [-0.25, -0.2) is 4.39 Å². The van der Waals surface area contributed by atoms with Gasteiger partial charge in [-0.05, 0) is 84.9 Å². The molecule has 0 aliphatic carbocycles. The molecule has 230 valence electrons. The van der Waals surface area contributed by atoms with E-state index >= 15 is 0 Å². The molecule has 1 saturated heterocycles. The number of carbonyl (C=O) groups excluding carboxylic acids is 1. The van der Waals surface area contributed by atoms with Crippen molar-refractivity contribution in [2.45, 2.75) is 16.4 Å². The molecule has 0 unspecified atom stereocenters. The molecule has 0 atom stereocenters. The van der Waals surface area contributed by atoms with Crippen molar-refractivity contribution in [2.75, 3.05) is 20.3 Å². The highest BCUT2D eigenvalue weighted by Gasteiger charge is 2.40. The van der Waals surface area contributed by atoms with Crippen molar-refractivity contribution in [1.82, 2.24) is 0 Å². The first-order valence-electron chi connectivity index (χ1n) is 12.9. The van der Waals surface area contributed by atoms with Gasteiger partial charge in [-0.3, -0.25) is 13.5 Å². The number of ether oxygens (including phenoxy) is 3. The maximum atomic E-state index is 14.2. The van der Waals surface area contributed by atoms with Gasteiger partial charge in [-0.15, -0.1) is 0 Å². The van der Waals surface area contributed by atoms with Crippen LogP contribution in [0.2, 0.25) is 0 Å². The lowest BCUT2D eigenvalue weighted by Gasteiger charge is -2.28. The van der Waals surface area contributed by atoms with E-state index in [-0.39, 0.29) is 33.9 Å². The Kier molecular flexibility index (Phi) is 8.57. The molecule has 5 rings (SSSR count). The number of carbonyl (C=O) groups is 1. The van der Waals surface area contributed by atoms with Gasteiger partial charge in [0, 0.05) is 27.8 Å². The van der Waals surface area contributed by atoms with Gasteiger partial charge < -0.3 is 19.3 Å². The Bertz CT molecular complexity index is 1920. The molecule has 44 heavy (non-hydrogen) atoms. The van der Waals surface area contributed by atoms with Crippen molar-refractivity contribution >= 4 is 26.0 Å². The molecule has 14 heteroatoms. The van der Waals surface area contributed by atoms with Crippen LogP contribution in [0.15, 0.2) is 89.8 Å². The quantitative estimate of drug-likeness (QED) is 0.142. The van der Waals surface area contributed by atoms with E-state index in [1.165, 1.54) is 30.3 Å². The number of phenolic OH excluding ortho intramolecular Hbond substituents is 1. The monoisotopic (exact) mass is 644 g/mol. The second kappa shape index (κ2) is 12.1. The molecule has 0 spiro atoms. The van der Waals surface area contributed by atoms with Crippen molar-refractivity contribution in [3.63, 3.8) is 0 Å². The summed E-state index contributed by atoms with van der Waals surface area (Å²) in [4.78, 5) is 12.4. The third kappa shape index (κ3) is 6.50. The maximum absolute atomic E-state index is 14.2. The number of halogens is 1. The summed E-state index contributed by atoms with van der Waals surface area (Å²) < 4.78 is 93.6. The molecule has 0 radical (unpaired) electrons. The third-order valence-electron chi connectivity index (χ3n) is 6.75. The average molecular weight is 645 g/mol. The predicted molar refractivity (Wildman–Crippen MR) is 153 cm³/mol. The molecule has 11 nitrogen and oxygen atoms in total. The van der Waals surface area contributed by atoms with Crippen molar-refractivity contribution in [3.8, 4) is 17.2 Å². The Morgan fingerprint density at radius 3 is 2.02 bits per heavy atom. The first-order valence-corrected chi connectivity index (χ1v) is 15.9. The average Bonchev–Trinajstić information content (AvgIpc) is 3.49. The SMILES string of the molecule is COS(=O)(=O)c1cc(C(=O)c2ccc(Oc3ccc(C4(c5ccc(O)cc5)OCCO4)cc3)c(CS(=O)(=O)O)c2)ccc1F. The Morgan fingerprint density at radius 2 is 1.43 bits per heavy atom. The van der Waals surface area contributed by atoms with Crippen LogP contribution in [0.1, 0.15) is 32.6 Å². The molecular weight excluding hydrogens is 619 g/mol. The molecule has 4 aromatic rings. The van der Waals surface area contributed by atoms with Crippen LogP contribution in [0.25, 0.3) is 0 Å². The molecule has 1 fully saturated rings. The summed E-state index contributed by atoms with van der Waals surface area (Å²) in [6.45, 7) is 0.676. The fourth-order valence-electron chi connectivity index (χ4n) is 4.68. The fraction of sp³-hybridized carbons (Fsp3) is 0.167. The lowest BCUT2D eigenvalue weighted by molar-refractivity contribution is -0.129.